The summed E-state index contributed by atoms with van der Waals surface area (Å²) >= 11 is 0. The Balaban J connectivity index is 1.18. The number of anilines is 3. The molecule has 2 aromatic heterocycles. The summed E-state index contributed by atoms with van der Waals surface area (Å²) in [6.07, 6.45) is 0. The summed E-state index contributed by atoms with van der Waals surface area (Å²) in [6.45, 7) is 0. The maximum Gasteiger partial charge on any atom is 0.137 e. The molecule has 10 aromatic rings. The van der Waals surface area contributed by atoms with Crippen LogP contribution in [0.3, 0.4) is 0 Å². The molecule has 3 nitrogen and oxygen atoms in total. The smallest absolute Gasteiger partial charge is 0.137 e. The molecule has 0 saturated heterocycles. The van der Waals surface area contributed by atoms with Gasteiger partial charge in [-0.05, 0) is 87.3 Å². The maximum atomic E-state index is 6.36. The van der Waals surface area contributed by atoms with Crippen LogP contribution in [0.2, 0.25) is 0 Å². The van der Waals surface area contributed by atoms with Gasteiger partial charge in [0.15, 0.2) is 0 Å². The van der Waals surface area contributed by atoms with Gasteiger partial charge in [0.05, 0.1) is 0 Å². The van der Waals surface area contributed by atoms with Crippen molar-refractivity contribution in [3.05, 3.63) is 164 Å². The second-order valence-electron chi connectivity index (χ2n) is 12.1. The van der Waals surface area contributed by atoms with Crippen LogP contribution in [-0.2, 0) is 0 Å². The molecule has 0 aliphatic heterocycles. The van der Waals surface area contributed by atoms with Crippen molar-refractivity contribution in [1.29, 1.82) is 0 Å². The van der Waals surface area contributed by atoms with Gasteiger partial charge in [0.25, 0.3) is 0 Å². The summed E-state index contributed by atoms with van der Waals surface area (Å²) in [7, 11) is 0. The number of nitrogens with zero attached hydrogens (tertiary/aromatic N) is 1. The van der Waals surface area contributed by atoms with E-state index in [4.69, 9.17) is 8.83 Å². The number of hydrogen-bond acceptors (Lipinski definition) is 3. The van der Waals surface area contributed by atoms with E-state index in [0.29, 0.717) is 0 Å². The molecule has 0 N–H and O–H groups in total. The quantitative estimate of drug-likeness (QED) is 0.201. The lowest BCUT2D eigenvalue weighted by atomic mass is 9.98. The van der Waals surface area contributed by atoms with Gasteiger partial charge in [-0.2, -0.15) is 0 Å². The predicted octanol–water partition coefficient (Wildman–Crippen LogP) is 12.9. The summed E-state index contributed by atoms with van der Waals surface area (Å²) < 4.78 is 12.6. The van der Waals surface area contributed by atoms with Gasteiger partial charge in [0.1, 0.15) is 22.3 Å². The zero-order chi connectivity index (χ0) is 30.9. The molecule has 0 aliphatic rings. The van der Waals surface area contributed by atoms with Gasteiger partial charge in [-0.1, -0.05) is 103 Å². The van der Waals surface area contributed by atoms with E-state index in [-0.39, 0.29) is 0 Å². The van der Waals surface area contributed by atoms with E-state index in [2.05, 4.69) is 144 Å². The van der Waals surface area contributed by atoms with Gasteiger partial charge in [-0.25, -0.2) is 0 Å². The SMILES string of the molecule is c1ccc2c(-c3ccc(N(c4ccc5c(c4)oc4ccccc45)c4ccc5ccc6oc7ccccc7c6c5c4)cc3)cccc2c1. The van der Waals surface area contributed by atoms with Crippen molar-refractivity contribution in [2.75, 3.05) is 4.90 Å². The molecule has 0 atom stereocenters. The summed E-state index contributed by atoms with van der Waals surface area (Å²) in [5.41, 5.74) is 9.11. The lowest BCUT2D eigenvalue weighted by Gasteiger charge is -2.26. The Morgan fingerprint density at radius 3 is 1.81 bits per heavy atom. The van der Waals surface area contributed by atoms with Gasteiger partial charge < -0.3 is 13.7 Å². The average molecular weight is 602 g/mol. The van der Waals surface area contributed by atoms with E-state index in [9.17, 15) is 0 Å². The van der Waals surface area contributed by atoms with Gasteiger partial charge in [0, 0.05) is 44.7 Å². The first-order valence-corrected chi connectivity index (χ1v) is 15.9. The molecule has 0 fully saturated rings. The zero-order valence-electron chi connectivity index (χ0n) is 25.4. The first-order valence-electron chi connectivity index (χ1n) is 15.9. The summed E-state index contributed by atoms with van der Waals surface area (Å²) in [5.74, 6) is 0. The van der Waals surface area contributed by atoms with E-state index in [1.807, 2.05) is 24.3 Å². The number of furan rings is 2. The van der Waals surface area contributed by atoms with Gasteiger partial charge >= 0.3 is 0 Å². The second kappa shape index (κ2) is 10.1. The Morgan fingerprint density at radius 1 is 0.340 bits per heavy atom. The predicted molar refractivity (Wildman–Crippen MR) is 196 cm³/mol. The summed E-state index contributed by atoms with van der Waals surface area (Å²) in [4.78, 5) is 2.32. The van der Waals surface area contributed by atoms with Crippen LogP contribution >= 0.6 is 0 Å². The van der Waals surface area contributed by atoms with Crippen LogP contribution in [-0.4, -0.2) is 0 Å². The van der Waals surface area contributed by atoms with Crippen LogP contribution in [0.5, 0.6) is 0 Å². The topological polar surface area (TPSA) is 29.5 Å². The van der Waals surface area contributed by atoms with Crippen molar-refractivity contribution >= 4 is 82.5 Å². The Hall–Kier alpha value is -6.32. The van der Waals surface area contributed by atoms with Crippen molar-refractivity contribution in [3.63, 3.8) is 0 Å². The van der Waals surface area contributed by atoms with Crippen molar-refractivity contribution < 1.29 is 8.83 Å². The number of rotatable bonds is 4. The molecule has 8 aromatic carbocycles. The first-order chi connectivity index (χ1) is 23.3. The molecule has 3 heteroatoms. The minimum atomic E-state index is 0.866. The standard InChI is InChI=1S/C44H27NO2/c1-2-10-34-28(8-1)9-7-13-35(34)29-16-20-31(21-17-29)45(33-23-24-37-36-11-3-5-14-40(36)47-43(37)27-33)32-22-18-30-19-25-42-44(39(30)26-32)38-12-4-6-15-41(38)46-42/h1-27H. The lowest BCUT2D eigenvalue weighted by Crippen LogP contribution is -2.09. The highest BCUT2D eigenvalue weighted by atomic mass is 16.3. The minimum Gasteiger partial charge on any atom is -0.456 e. The Kier molecular flexibility index (Phi) is 5.57. The third-order valence-electron chi connectivity index (χ3n) is 9.45. The van der Waals surface area contributed by atoms with Crippen LogP contribution in [0.25, 0.3) is 76.5 Å². The normalized spacial score (nSPS) is 11.8. The van der Waals surface area contributed by atoms with E-state index in [1.54, 1.807) is 0 Å². The van der Waals surface area contributed by atoms with E-state index in [0.717, 1.165) is 66.3 Å². The molecule has 220 valence electrons. The van der Waals surface area contributed by atoms with Crippen molar-refractivity contribution in [1.82, 2.24) is 0 Å². The third-order valence-corrected chi connectivity index (χ3v) is 9.45. The molecule has 0 radical (unpaired) electrons. The molecule has 2 heterocycles. The summed E-state index contributed by atoms with van der Waals surface area (Å²) in [6, 6.07) is 58.0. The highest BCUT2D eigenvalue weighted by molar-refractivity contribution is 6.19. The van der Waals surface area contributed by atoms with E-state index >= 15 is 0 Å². The van der Waals surface area contributed by atoms with Crippen LogP contribution in [0.1, 0.15) is 0 Å². The Morgan fingerprint density at radius 2 is 0.936 bits per heavy atom. The highest BCUT2D eigenvalue weighted by Gasteiger charge is 2.18. The zero-order valence-corrected chi connectivity index (χ0v) is 25.4. The van der Waals surface area contributed by atoms with Gasteiger partial charge in [-0.15, -0.1) is 0 Å². The fourth-order valence-corrected chi connectivity index (χ4v) is 7.24. The van der Waals surface area contributed by atoms with Crippen LogP contribution in [0.15, 0.2) is 173 Å². The molecule has 0 amide bonds. The Labute approximate surface area is 270 Å². The molecule has 0 unspecified atom stereocenters. The minimum absolute atomic E-state index is 0.866. The summed E-state index contributed by atoms with van der Waals surface area (Å²) in [5, 5.41) is 9.32. The van der Waals surface area contributed by atoms with Crippen LogP contribution < -0.4 is 4.90 Å². The molecule has 0 saturated carbocycles. The van der Waals surface area contributed by atoms with Crippen molar-refractivity contribution in [2.24, 2.45) is 0 Å². The van der Waals surface area contributed by atoms with Crippen molar-refractivity contribution in [2.45, 2.75) is 0 Å². The fraction of sp³-hybridized carbons (Fsp3) is 0. The number of benzene rings is 8. The average Bonchev–Trinajstić information content (AvgIpc) is 3.70. The molecule has 0 aliphatic carbocycles. The van der Waals surface area contributed by atoms with Gasteiger partial charge in [0.2, 0.25) is 0 Å². The third kappa shape index (κ3) is 4.07. The Bertz CT molecular complexity index is 2800. The van der Waals surface area contributed by atoms with Crippen LogP contribution in [0.4, 0.5) is 17.1 Å². The fourth-order valence-electron chi connectivity index (χ4n) is 7.24. The molecule has 0 bridgehead atoms. The second-order valence-corrected chi connectivity index (χ2v) is 12.1. The van der Waals surface area contributed by atoms with Gasteiger partial charge in [-0.3, -0.25) is 0 Å². The maximum absolute atomic E-state index is 6.36. The number of hydrogen-bond donors (Lipinski definition) is 0. The number of para-hydroxylation sites is 2. The van der Waals surface area contributed by atoms with Crippen LogP contribution in [0, 0.1) is 0 Å². The monoisotopic (exact) mass is 601 g/mol. The largest absolute Gasteiger partial charge is 0.456 e. The molecule has 10 rings (SSSR count). The first kappa shape index (κ1) is 26.0. The molecular weight excluding hydrogens is 574 g/mol. The van der Waals surface area contributed by atoms with E-state index in [1.165, 1.54) is 27.3 Å². The highest BCUT2D eigenvalue weighted by Crippen LogP contribution is 2.42. The molecular formula is C44H27NO2. The number of fused-ring (bicyclic) bond motifs is 9. The van der Waals surface area contributed by atoms with E-state index < -0.39 is 0 Å². The lowest BCUT2D eigenvalue weighted by molar-refractivity contribution is 0.668. The molecule has 47 heavy (non-hydrogen) atoms. The molecule has 0 spiro atoms. The van der Waals surface area contributed by atoms with Crippen molar-refractivity contribution in [3.8, 4) is 11.1 Å².